The molecule has 0 spiro atoms. The monoisotopic (exact) mass is 396 g/mol. The highest BCUT2D eigenvalue weighted by Crippen LogP contribution is 2.33. The minimum absolute atomic E-state index is 0.0400. The topological polar surface area (TPSA) is 109 Å². The standard InChI is InChI=1S/C21H16O8/c1-11(22)27-15-6-4-14(5-7-15)17-10-26-18-9-20(29-13(3)24)19(28-12(2)23)8-16(18)21(17)25/h4-10H,1-3H3. The van der Waals surface area contributed by atoms with Crippen molar-refractivity contribution in [2.24, 2.45) is 0 Å². The number of hydrogen-bond donors (Lipinski definition) is 0. The maximum absolute atomic E-state index is 13.0. The van der Waals surface area contributed by atoms with Gasteiger partial charge in [0.15, 0.2) is 11.5 Å². The molecule has 0 aliphatic carbocycles. The van der Waals surface area contributed by atoms with Crippen LogP contribution in [0.15, 0.2) is 51.9 Å². The lowest BCUT2D eigenvalue weighted by Gasteiger charge is -2.10. The van der Waals surface area contributed by atoms with Crippen LogP contribution in [0.25, 0.3) is 22.1 Å². The molecule has 0 bridgehead atoms. The Kier molecular flexibility index (Phi) is 5.45. The van der Waals surface area contributed by atoms with Crippen molar-refractivity contribution in [2.45, 2.75) is 20.8 Å². The predicted octanol–water partition coefficient (Wildman–Crippen LogP) is 3.24. The van der Waals surface area contributed by atoms with Gasteiger partial charge in [0.05, 0.1) is 10.9 Å². The van der Waals surface area contributed by atoms with Gasteiger partial charge in [0.2, 0.25) is 5.43 Å². The molecule has 0 fully saturated rings. The van der Waals surface area contributed by atoms with Crippen molar-refractivity contribution in [1.29, 1.82) is 0 Å². The van der Waals surface area contributed by atoms with Crippen LogP contribution in [0.5, 0.6) is 17.2 Å². The minimum Gasteiger partial charge on any atom is -0.463 e. The number of benzene rings is 2. The van der Waals surface area contributed by atoms with E-state index in [9.17, 15) is 19.2 Å². The van der Waals surface area contributed by atoms with E-state index in [1.807, 2.05) is 0 Å². The van der Waals surface area contributed by atoms with Crippen LogP contribution in [-0.2, 0) is 14.4 Å². The first-order valence-electron chi connectivity index (χ1n) is 8.50. The van der Waals surface area contributed by atoms with Crippen LogP contribution in [0, 0.1) is 0 Å². The normalized spacial score (nSPS) is 10.4. The Morgan fingerprint density at radius 1 is 0.793 bits per heavy atom. The van der Waals surface area contributed by atoms with Gasteiger partial charge in [-0.3, -0.25) is 19.2 Å². The third-order valence-corrected chi connectivity index (χ3v) is 3.77. The molecule has 148 valence electrons. The minimum atomic E-state index is -0.639. The maximum atomic E-state index is 13.0. The molecule has 0 atom stereocenters. The first-order valence-corrected chi connectivity index (χ1v) is 8.50. The van der Waals surface area contributed by atoms with Gasteiger partial charge in [0, 0.05) is 26.8 Å². The van der Waals surface area contributed by atoms with E-state index in [1.165, 1.54) is 39.2 Å². The van der Waals surface area contributed by atoms with Crippen LogP contribution in [0.2, 0.25) is 0 Å². The summed E-state index contributed by atoms with van der Waals surface area (Å²) in [6.07, 6.45) is 1.27. The third kappa shape index (κ3) is 4.49. The number of hydrogen-bond acceptors (Lipinski definition) is 8. The van der Waals surface area contributed by atoms with Crippen molar-refractivity contribution in [1.82, 2.24) is 0 Å². The van der Waals surface area contributed by atoms with Gasteiger partial charge < -0.3 is 18.6 Å². The summed E-state index contributed by atoms with van der Waals surface area (Å²) in [6.45, 7) is 3.67. The average Bonchev–Trinajstić information content (AvgIpc) is 2.63. The maximum Gasteiger partial charge on any atom is 0.308 e. The smallest absolute Gasteiger partial charge is 0.308 e. The van der Waals surface area contributed by atoms with E-state index in [0.29, 0.717) is 11.3 Å². The van der Waals surface area contributed by atoms with E-state index in [0.717, 1.165) is 0 Å². The highest BCUT2D eigenvalue weighted by molar-refractivity contribution is 5.87. The molecule has 0 saturated heterocycles. The molecule has 3 rings (SSSR count). The zero-order valence-electron chi connectivity index (χ0n) is 15.8. The molecule has 8 heteroatoms. The summed E-state index contributed by atoms with van der Waals surface area (Å²) in [5, 5.41) is 0.138. The van der Waals surface area contributed by atoms with Gasteiger partial charge in [-0.1, -0.05) is 12.1 Å². The quantitative estimate of drug-likeness (QED) is 0.488. The Labute approximate surface area is 164 Å². The van der Waals surface area contributed by atoms with Crippen molar-refractivity contribution < 1.29 is 33.0 Å². The largest absolute Gasteiger partial charge is 0.463 e. The highest BCUT2D eigenvalue weighted by atomic mass is 16.6. The molecule has 0 amide bonds. The van der Waals surface area contributed by atoms with Gasteiger partial charge in [0.25, 0.3) is 0 Å². The molecular weight excluding hydrogens is 380 g/mol. The van der Waals surface area contributed by atoms with Gasteiger partial charge in [-0.2, -0.15) is 0 Å². The molecule has 3 aromatic rings. The number of carbonyl (C=O) groups excluding carboxylic acids is 3. The Morgan fingerprint density at radius 3 is 1.90 bits per heavy atom. The second kappa shape index (κ2) is 7.97. The number of fused-ring (bicyclic) bond motifs is 1. The molecule has 0 radical (unpaired) electrons. The fourth-order valence-electron chi connectivity index (χ4n) is 2.67. The molecule has 0 aliphatic rings. The molecule has 0 N–H and O–H groups in total. The summed E-state index contributed by atoms with van der Waals surface area (Å²) in [6, 6.07) is 8.91. The van der Waals surface area contributed by atoms with Crippen molar-refractivity contribution in [3.05, 3.63) is 52.9 Å². The molecule has 0 saturated carbocycles. The van der Waals surface area contributed by atoms with Crippen LogP contribution in [-0.4, -0.2) is 17.9 Å². The Bertz CT molecular complexity index is 1170. The lowest BCUT2D eigenvalue weighted by atomic mass is 10.1. The lowest BCUT2D eigenvalue weighted by Crippen LogP contribution is -2.10. The fraction of sp³-hybridized carbons (Fsp3) is 0.143. The van der Waals surface area contributed by atoms with E-state index in [-0.39, 0.29) is 33.5 Å². The summed E-state index contributed by atoms with van der Waals surface area (Å²) in [4.78, 5) is 46.7. The molecule has 0 aliphatic heterocycles. The van der Waals surface area contributed by atoms with Gasteiger partial charge >= 0.3 is 17.9 Å². The van der Waals surface area contributed by atoms with Gasteiger partial charge in [0.1, 0.15) is 17.6 Å². The fourth-order valence-corrected chi connectivity index (χ4v) is 2.67. The van der Waals surface area contributed by atoms with E-state index in [1.54, 1.807) is 24.3 Å². The first-order chi connectivity index (χ1) is 13.7. The van der Waals surface area contributed by atoms with Crippen molar-refractivity contribution in [3.63, 3.8) is 0 Å². The van der Waals surface area contributed by atoms with E-state index in [2.05, 4.69) is 0 Å². The lowest BCUT2D eigenvalue weighted by molar-refractivity contribution is -0.134. The van der Waals surface area contributed by atoms with Crippen LogP contribution < -0.4 is 19.6 Å². The summed E-state index contributed by atoms with van der Waals surface area (Å²) >= 11 is 0. The summed E-state index contributed by atoms with van der Waals surface area (Å²) in [5.74, 6) is -1.49. The molecule has 1 heterocycles. The average molecular weight is 396 g/mol. The molecule has 8 nitrogen and oxygen atoms in total. The van der Waals surface area contributed by atoms with Crippen LogP contribution in [0.3, 0.4) is 0 Å². The predicted molar refractivity (Wildman–Crippen MR) is 102 cm³/mol. The Balaban J connectivity index is 2.10. The van der Waals surface area contributed by atoms with Crippen molar-refractivity contribution in [3.8, 4) is 28.4 Å². The third-order valence-electron chi connectivity index (χ3n) is 3.77. The summed E-state index contributed by atoms with van der Waals surface area (Å²) < 4.78 is 20.6. The summed E-state index contributed by atoms with van der Waals surface area (Å²) in [7, 11) is 0. The first kappa shape index (κ1) is 19.8. The summed E-state index contributed by atoms with van der Waals surface area (Å²) in [5.41, 5.74) is 0.562. The van der Waals surface area contributed by atoms with Gasteiger partial charge in [-0.15, -0.1) is 0 Å². The SMILES string of the molecule is CC(=O)Oc1ccc(-c2coc3cc(OC(C)=O)c(OC(C)=O)cc3c2=O)cc1. The number of esters is 3. The second-order valence-corrected chi connectivity index (χ2v) is 6.08. The highest BCUT2D eigenvalue weighted by Gasteiger charge is 2.17. The van der Waals surface area contributed by atoms with E-state index < -0.39 is 17.9 Å². The van der Waals surface area contributed by atoms with Crippen LogP contribution >= 0.6 is 0 Å². The number of ether oxygens (including phenoxy) is 3. The zero-order chi connectivity index (χ0) is 21.1. The van der Waals surface area contributed by atoms with Crippen molar-refractivity contribution in [2.75, 3.05) is 0 Å². The molecule has 0 unspecified atom stereocenters. The number of carbonyl (C=O) groups is 3. The molecule has 29 heavy (non-hydrogen) atoms. The van der Waals surface area contributed by atoms with E-state index in [4.69, 9.17) is 18.6 Å². The van der Waals surface area contributed by atoms with Crippen molar-refractivity contribution >= 4 is 28.9 Å². The Morgan fingerprint density at radius 2 is 1.34 bits per heavy atom. The molecule has 2 aromatic carbocycles. The zero-order valence-corrected chi connectivity index (χ0v) is 15.8. The van der Waals surface area contributed by atoms with Crippen LogP contribution in [0.1, 0.15) is 20.8 Å². The van der Waals surface area contributed by atoms with Crippen LogP contribution in [0.4, 0.5) is 0 Å². The Hall–Kier alpha value is -3.94. The second-order valence-electron chi connectivity index (χ2n) is 6.08. The van der Waals surface area contributed by atoms with E-state index >= 15 is 0 Å². The molecular formula is C21H16O8. The van der Waals surface area contributed by atoms with Gasteiger partial charge in [-0.25, -0.2) is 0 Å². The number of rotatable bonds is 4. The van der Waals surface area contributed by atoms with Gasteiger partial charge in [-0.05, 0) is 23.8 Å². The molecule has 1 aromatic heterocycles.